The highest BCUT2D eigenvalue weighted by atomic mass is 35.5. The van der Waals surface area contributed by atoms with Crippen LogP contribution in [0.4, 0.5) is 5.69 Å². The maximum Gasteiger partial charge on any atom is 0.255 e. The molecule has 0 aliphatic heterocycles. The van der Waals surface area contributed by atoms with E-state index in [4.69, 9.17) is 23.2 Å². The predicted molar refractivity (Wildman–Crippen MR) is 102 cm³/mol. The summed E-state index contributed by atoms with van der Waals surface area (Å²) in [5.41, 5.74) is 1.25. The fourth-order valence-electron chi connectivity index (χ4n) is 2.08. The Morgan fingerprint density at radius 1 is 1.00 bits per heavy atom. The summed E-state index contributed by atoms with van der Waals surface area (Å²) < 4.78 is 0. The molecule has 2 rings (SSSR count). The van der Waals surface area contributed by atoms with E-state index in [2.05, 4.69) is 10.6 Å². The van der Waals surface area contributed by atoms with Crippen molar-refractivity contribution >= 4 is 40.7 Å². The van der Waals surface area contributed by atoms with Crippen LogP contribution in [-0.4, -0.2) is 43.9 Å². The van der Waals surface area contributed by atoms with Gasteiger partial charge >= 0.3 is 0 Å². The molecule has 0 saturated carbocycles. The van der Waals surface area contributed by atoms with E-state index in [1.807, 2.05) is 19.0 Å². The molecule has 0 spiro atoms. The van der Waals surface area contributed by atoms with E-state index < -0.39 is 0 Å². The van der Waals surface area contributed by atoms with E-state index in [0.717, 1.165) is 6.54 Å². The van der Waals surface area contributed by atoms with Crippen molar-refractivity contribution in [1.82, 2.24) is 10.2 Å². The number of benzene rings is 2. The lowest BCUT2D eigenvalue weighted by Gasteiger charge is -2.11. The Hall–Kier alpha value is -2.08. The Bertz CT molecular complexity index is 779. The highest BCUT2D eigenvalue weighted by molar-refractivity contribution is 6.36. The van der Waals surface area contributed by atoms with Crippen LogP contribution < -0.4 is 10.6 Å². The quantitative estimate of drug-likeness (QED) is 0.806. The molecule has 25 heavy (non-hydrogen) atoms. The molecule has 2 aromatic carbocycles. The van der Waals surface area contributed by atoms with E-state index in [-0.39, 0.29) is 11.8 Å². The van der Waals surface area contributed by atoms with Crippen LogP contribution in [0.2, 0.25) is 10.0 Å². The SMILES string of the molecule is CN(C)CCNC(=O)c1cccc(C(=O)Nc2ccc(Cl)cc2Cl)c1. The molecule has 0 atom stereocenters. The van der Waals surface area contributed by atoms with Crippen LogP contribution in [0.1, 0.15) is 20.7 Å². The molecule has 2 aromatic rings. The van der Waals surface area contributed by atoms with Gasteiger partial charge in [0.15, 0.2) is 0 Å². The molecule has 0 aliphatic carbocycles. The van der Waals surface area contributed by atoms with Crippen LogP contribution in [0.5, 0.6) is 0 Å². The number of amides is 2. The fourth-order valence-corrected chi connectivity index (χ4v) is 2.54. The van der Waals surface area contributed by atoms with Gasteiger partial charge in [0.25, 0.3) is 11.8 Å². The minimum atomic E-state index is -0.354. The topological polar surface area (TPSA) is 61.4 Å². The lowest BCUT2D eigenvalue weighted by Crippen LogP contribution is -2.31. The van der Waals surface area contributed by atoms with Crippen molar-refractivity contribution in [2.24, 2.45) is 0 Å². The summed E-state index contributed by atoms with van der Waals surface area (Å²) in [5.74, 6) is -0.576. The lowest BCUT2D eigenvalue weighted by molar-refractivity contribution is 0.0951. The van der Waals surface area contributed by atoms with Crippen molar-refractivity contribution in [2.75, 3.05) is 32.5 Å². The zero-order valence-corrected chi connectivity index (χ0v) is 15.5. The lowest BCUT2D eigenvalue weighted by atomic mass is 10.1. The molecule has 0 fully saturated rings. The Morgan fingerprint density at radius 3 is 2.32 bits per heavy atom. The number of anilines is 1. The zero-order chi connectivity index (χ0) is 18.4. The highest BCUT2D eigenvalue weighted by Gasteiger charge is 2.12. The van der Waals surface area contributed by atoms with Crippen LogP contribution in [0.3, 0.4) is 0 Å². The van der Waals surface area contributed by atoms with Gasteiger partial charge < -0.3 is 15.5 Å². The van der Waals surface area contributed by atoms with Gasteiger partial charge in [0.1, 0.15) is 0 Å². The van der Waals surface area contributed by atoms with Crippen LogP contribution >= 0.6 is 23.2 Å². The summed E-state index contributed by atoms with van der Waals surface area (Å²) in [6.45, 7) is 1.27. The molecule has 2 N–H and O–H groups in total. The van der Waals surface area contributed by atoms with Gasteiger partial charge in [-0.15, -0.1) is 0 Å². The normalized spacial score (nSPS) is 10.6. The molecule has 0 bridgehead atoms. The van der Waals surface area contributed by atoms with E-state index in [0.29, 0.717) is 33.4 Å². The first kappa shape index (κ1) is 19.2. The van der Waals surface area contributed by atoms with E-state index >= 15 is 0 Å². The number of hydrogen-bond donors (Lipinski definition) is 2. The summed E-state index contributed by atoms with van der Waals surface area (Å²) in [6.07, 6.45) is 0. The van der Waals surface area contributed by atoms with Gasteiger partial charge in [-0.2, -0.15) is 0 Å². The van der Waals surface area contributed by atoms with Gasteiger partial charge in [0.05, 0.1) is 10.7 Å². The summed E-state index contributed by atoms with van der Waals surface area (Å²) >= 11 is 11.9. The van der Waals surface area contributed by atoms with Gasteiger partial charge in [0.2, 0.25) is 0 Å². The Labute approximate surface area is 156 Å². The summed E-state index contributed by atoms with van der Waals surface area (Å²) in [7, 11) is 3.86. The third-order valence-corrected chi connectivity index (χ3v) is 3.96. The number of rotatable bonds is 6. The van der Waals surface area contributed by atoms with Gasteiger partial charge in [-0.3, -0.25) is 9.59 Å². The molecule has 5 nitrogen and oxygen atoms in total. The zero-order valence-electron chi connectivity index (χ0n) is 14.0. The second-order valence-electron chi connectivity index (χ2n) is 5.72. The second-order valence-corrected chi connectivity index (χ2v) is 6.56. The van der Waals surface area contributed by atoms with E-state index in [9.17, 15) is 9.59 Å². The molecule has 2 amide bonds. The average molecular weight is 380 g/mol. The molecule has 0 aromatic heterocycles. The van der Waals surface area contributed by atoms with Gasteiger partial charge in [-0.25, -0.2) is 0 Å². The Balaban J connectivity index is 2.06. The molecule has 7 heteroatoms. The average Bonchev–Trinajstić information content (AvgIpc) is 2.57. The predicted octanol–water partition coefficient (Wildman–Crippen LogP) is 3.54. The van der Waals surface area contributed by atoms with E-state index in [1.165, 1.54) is 0 Å². The first-order valence-electron chi connectivity index (χ1n) is 7.66. The van der Waals surface area contributed by atoms with Crippen molar-refractivity contribution in [3.8, 4) is 0 Å². The minimum absolute atomic E-state index is 0.221. The molecule has 0 unspecified atom stereocenters. The molecular formula is C18H19Cl2N3O2. The maximum atomic E-state index is 12.4. The highest BCUT2D eigenvalue weighted by Crippen LogP contribution is 2.25. The van der Waals surface area contributed by atoms with Crippen molar-refractivity contribution < 1.29 is 9.59 Å². The number of carbonyl (C=O) groups excluding carboxylic acids is 2. The Morgan fingerprint density at radius 2 is 1.68 bits per heavy atom. The van der Waals surface area contributed by atoms with Crippen LogP contribution in [0.15, 0.2) is 42.5 Å². The standard InChI is InChI=1S/C18H19Cl2N3O2/c1-23(2)9-8-21-17(24)12-4-3-5-13(10-12)18(25)22-16-7-6-14(19)11-15(16)20/h3-7,10-11H,8-9H2,1-2H3,(H,21,24)(H,22,25). The number of nitrogens with one attached hydrogen (secondary N) is 2. The largest absolute Gasteiger partial charge is 0.351 e. The minimum Gasteiger partial charge on any atom is -0.351 e. The van der Waals surface area contributed by atoms with Gasteiger partial charge in [0, 0.05) is 29.2 Å². The first-order valence-corrected chi connectivity index (χ1v) is 8.42. The van der Waals surface area contributed by atoms with Crippen molar-refractivity contribution in [3.05, 3.63) is 63.6 Å². The van der Waals surface area contributed by atoms with Crippen molar-refractivity contribution in [1.29, 1.82) is 0 Å². The first-order chi connectivity index (χ1) is 11.9. The molecule has 0 saturated heterocycles. The van der Waals surface area contributed by atoms with Crippen LogP contribution in [0, 0.1) is 0 Å². The monoisotopic (exact) mass is 379 g/mol. The molecule has 0 radical (unpaired) electrons. The van der Waals surface area contributed by atoms with Crippen LogP contribution in [-0.2, 0) is 0 Å². The fraction of sp³-hybridized carbons (Fsp3) is 0.222. The van der Waals surface area contributed by atoms with Crippen molar-refractivity contribution in [3.63, 3.8) is 0 Å². The van der Waals surface area contributed by atoms with Gasteiger partial charge in [-0.1, -0.05) is 29.3 Å². The number of likely N-dealkylation sites (N-methyl/N-ethyl adjacent to an activating group) is 1. The third-order valence-electron chi connectivity index (χ3n) is 3.41. The second kappa shape index (κ2) is 8.85. The Kier molecular flexibility index (Phi) is 6.82. The van der Waals surface area contributed by atoms with E-state index in [1.54, 1.807) is 42.5 Å². The summed E-state index contributed by atoms with van der Waals surface area (Å²) in [4.78, 5) is 26.5. The number of hydrogen-bond acceptors (Lipinski definition) is 3. The smallest absolute Gasteiger partial charge is 0.255 e. The number of nitrogens with zero attached hydrogens (tertiary/aromatic N) is 1. The number of halogens is 2. The maximum absolute atomic E-state index is 12.4. The molecule has 0 heterocycles. The number of carbonyl (C=O) groups is 2. The summed E-state index contributed by atoms with van der Waals surface area (Å²) in [6, 6.07) is 11.3. The molecule has 132 valence electrons. The summed E-state index contributed by atoms with van der Waals surface area (Å²) in [5, 5.41) is 6.35. The molecular weight excluding hydrogens is 361 g/mol. The van der Waals surface area contributed by atoms with Crippen molar-refractivity contribution in [2.45, 2.75) is 0 Å². The molecule has 0 aliphatic rings. The third kappa shape index (κ3) is 5.74. The van der Waals surface area contributed by atoms with Gasteiger partial charge in [-0.05, 0) is 50.5 Å². The van der Waals surface area contributed by atoms with Crippen LogP contribution in [0.25, 0.3) is 0 Å².